The van der Waals surface area contributed by atoms with E-state index in [2.05, 4.69) is 10.6 Å². The molecule has 0 radical (unpaired) electrons. The van der Waals surface area contributed by atoms with Gasteiger partial charge in [-0.05, 0) is 38.3 Å². The van der Waals surface area contributed by atoms with E-state index >= 15 is 0 Å². The van der Waals surface area contributed by atoms with Crippen molar-refractivity contribution in [1.82, 2.24) is 15.5 Å². The topological polar surface area (TPSA) is 61.4 Å². The number of piperazine rings is 1. The second-order valence-electron chi connectivity index (χ2n) is 4.57. The van der Waals surface area contributed by atoms with E-state index in [0.29, 0.717) is 5.92 Å². The van der Waals surface area contributed by atoms with Gasteiger partial charge in [-0.25, -0.2) is 0 Å². The maximum Gasteiger partial charge on any atom is 0.242 e. The minimum atomic E-state index is -0.0371. The van der Waals surface area contributed by atoms with Crippen LogP contribution in [0.5, 0.6) is 0 Å². The molecule has 0 aromatic carbocycles. The highest BCUT2D eigenvalue weighted by atomic mass is 16.2. The largest absolute Gasteiger partial charge is 0.345 e. The molecule has 0 spiro atoms. The van der Waals surface area contributed by atoms with Crippen LogP contribution >= 0.6 is 0 Å². The molecular weight excluding hydrogens is 206 g/mol. The van der Waals surface area contributed by atoms with Gasteiger partial charge in [0.05, 0.1) is 13.1 Å². The van der Waals surface area contributed by atoms with Crippen molar-refractivity contribution in [3.63, 3.8) is 0 Å². The van der Waals surface area contributed by atoms with Crippen LogP contribution in [0.4, 0.5) is 0 Å². The summed E-state index contributed by atoms with van der Waals surface area (Å²) in [5, 5.41) is 5.88. The summed E-state index contributed by atoms with van der Waals surface area (Å²) in [5.74, 6) is 0.720. The molecule has 0 aromatic rings. The lowest BCUT2D eigenvalue weighted by Gasteiger charge is -2.29. The van der Waals surface area contributed by atoms with Gasteiger partial charge in [-0.15, -0.1) is 0 Å². The zero-order valence-electron chi connectivity index (χ0n) is 9.50. The third-order valence-electron chi connectivity index (χ3n) is 3.39. The van der Waals surface area contributed by atoms with Crippen molar-refractivity contribution >= 4 is 11.8 Å². The molecule has 2 aliphatic heterocycles. The first-order valence-corrected chi connectivity index (χ1v) is 6.01. The molecule has 2 heterocycles. The Labute approximate surface area is 95.6 Å². The van der Waals surface area contributed by atoms with Crippen LogP contribution in [0.3, 0.4) is 0 Å². The number of carbonyl (C=O) groups is 2. The minimum absolute atomic E-state index is 0.0371. The van der Waals surface area contributed by atoms with Gasteiger partial charge in [0.2, 0.25) is 11.8 Å². The Hall–Kier alpha value is -1.10. The lowest BCUT2D eigenvalue weighted by molar-refractivity contribution is -0.140. The van der Waals surface area contributed by atoms with Gasteiger partial charge in [-0.3, -0.25) is 9.59 Å². The molecule has 0 saturated carbocycles. The van der Waals surface area contributed by atoms with Gasteiger partial charge in [0.25, 0.3) is 0 Å². The van der Waals surface area contributed by atoms with E-state index < -0.39 is 0 Å². The molecule has 2 N–H and O–H groups in total. The molecule has 2 saturated heterocycles. The molecule has 90 valence electrons. The molecule has 2 rings (SSSR count). The Morgan fingerprint density at radius 2 is 2.00 bits per heavy atom. The molecule has 0 aromatic heterocycles. The molecule has 2 amide bonds. The van der Waals surface area contributed by atoms with E-state index in [1.165, 1.54) is 12.8 Å². The van der Waals surface area contributed by atoms with Crippen molar-refractivity contribution in [2.75, 3.05) is 32.7 Å². The fourth-order valence-corrected chi connectivity index (χ4v) is 2.32. The van der Waals surface area contributed by atoms with E-state index in [1.54, 1.807) is 4.90 Å². The van der Waals surface area contributed by atoms with Crippen LogP contribution in [-0.2, 0) is 9.59 Å². The number of nitrogens with one attached hydrogen (secondary N) is 2. The first-order valence-electron chi connectivity index (χ1n) is 6.01. The zero-order chi connectivity index (χ0) is 11.4. The van der Waals surface area contributed by atoms with Crippen molar-refractivity contribution in [1.29, 1.82) is 0 Å². The first kappa shape index (κ1) is 11.4. The Morgan fingerprint density at radius 3 is 2.75 bits per heavy atom. The summed E-state index contributed by atoms with van der Waals surface area (Å²) >= 11 is 0. The predicted molar refractivity (Wildman–Crippen MR) is 59.8 cm³/mol. The SMILES string of the molecule is O=C1CN(CCC2CCNCC2)C(=O)CN1. The standard InChI is InChI=1S/C11H19N3O2/c15-10-8-14(11(16)7-13-10)6-3-9-1-4-12-5-2-9/h9,12H,1-8H2,(H,13,15). The number of piperidine rings is 1. The monoisotopic (exact) mass is 225 g/mol. The molecule has 0 atom stereocenters. The van der Waals surface area contributed by atoms with Crippen LogP contribution in [0.15, 0.2) is 0 Å². The highest BCUT2D eigenvalue weighted by molar-refractivity contribution is 5.92. The van der Waals surface area contributed by atoms with Crippen LogP contribution in [0, 0.1) is 5.92 Å². The van der Waals surface area contributed by atoms with Gasteiger partial charge in [-0.2, -0.15) is 0 Å². The quantitative estimate of drug-likeness (QED) is 0.670. The highest BCUT2D eigenvalue weighted by Crippen LogP contribution is 2.16. The second kappa shape index (κ2) is 5.30. The number of rotatable bonds is 3. The van der Waals surface area contributed by atoms with Gasteiger partial charge >= 0.3 is 0 Å². The van der Waals surface area contributed by atoms with E-state index in [-0.39, 0.29) is 24.9 Å². The van der Waals surface area contributed by atoms with Crippen molar-refractivity contribution in [2.45, 2.75) is 19.3 Å². The van der Waals surface area contributed by atoms with E-state index in [4.69, 9.17) is 0 Å². The average Bonchev–Trinajstić information content (AvgIpc) is 2.32. The lowest BCUT2D eigenvalue weighted by Crippen LogP contribution is -2.52. The molecule has 2 aliphatic rings. The summed E-state index contributed by atoms with van der Waals surface area (Å²) in [6.45, 7) is 3.31. The summed E-state index contributed by atoms with van der Waals surface area (Å²) in [6.07, 6.45) is 3.41. The normalized spacial score (nSPS) is 23.4. The Balaban J connectivity index is 1.75. The molecule has 5 nitrogen and oxygen atoms in total. The second-order valence-corrected chi connectivity index (χ2v) is 4.57. The molecule has 0 aliphatic carbocycles. The van der Waals surface area contributed by atoms with E-state index in [9.17, 15) is 9.59 Å². The van der Waals surface area contributed by atoms with Crippen LogP contribution in [-0.4, -0.2) is 49.4 Å². The summed E-state index contributed by atoms with van der Waals surface area (Å²) in [7, 11) is 0. The highest BCUT2D eigenvalue weighted by Gasteiger charge is 2.23. The van der Waals surface area contributed by atoms with Gasteiger partial charge in [0.15, 0.2) is 0 Å². The van der Waals surface area contributed by atoms with Gasteiger partial charge in [0, 0.05) is 6.54 Å². The van der Waals surface area contributed by atoms with E-state index in [0.717, 1.165) is 26.1 Å². The van der Waals surface area contributed by atoms with Crippen molar-refractivity contribution in [3.05, 3.63) is 0 Å². The number of carbonyl (C=O) groups excluding carboxylic acids is 2. The van der Waals surface area contributed by atoms with Crippen LogP contribution < -0.4 is 10.6 Å². The smallest absolute Gasteiger partial charge is 0.242 e. The fraction of sp³-hybridized carbons (Fsp3) is 0.818. The number of hydrogen-bond acceptors (Lipinski definition) is 3. The lowest BCUT2D eigenvalue weighted by atomic mass is 9.94. The average molecular weight is 225 g/mol. The molecule has 16 heavy (non-hydrogen) atoms. The first-order chi connectivity index (χ1) is 7.75. The van der Waals surface area contributed by atoms with Crippen molar-refractivity contribution < 1.29 is 9.59 Å². The third kappa shape index (κ3) is 2.95. The van der Waals surface area contributed by atoms with Crippen LogP contribution in [0.1, 0.15) is 19.3 Å². The Bertz CT molecular complexity index is 274. The molecule has 5 heteroatoms. The molecule has 0 unspecified atom stereocenters. The summed E-state index contributed by atoms with van der Waals surface area (Å²) < 4.78 is 0. The fourth-order valence-electron chi connectivity index (χ4n) is 2.32. The summed E-state index contributed by atoms with van der Waals surface area (Å²) in [6, 6.07) is 0. The van der Waals surface area contributed by atoms with Crippen LogP contribution in [0.25, 0.3) is 0 Å². The molecule has 0 bridgehead atoms. The predicted octanol–water partition coefficient (Wildman–Crippen LogP) is -0.665. The number of nitrogens with zero attached hydrogens (tertiary/aromatic N) is 1. The third-order valence-corrected chi connectivity index (χ3v) is 3.39. The maximum absolute atomic E-state index is 11.5. The van der Waals surface area contributed by atoms with Crippen molar-refractivity contribution in [3.8, 4) is 0 Å². The Morgan fingerprint density at radius 1 is 1.25 bits per heavy atom. The van der Waals surface area contributed by atoms with Gasteiger partial charge in [0.1, 0.15) is 0 Å². The molecular formula is C11H19N3O2. The van der Waals surface area contributed by atoms with Gasteiger partial charge < -0.3 is 15.5 Å². The minimum Gasteiger partial charge on any atom is -0.345 e. The summed E-state index contributed by atoms with van der Waals surface area (Å²) in [4.78, 5) is 24.3. The van der Waals surface area contributed by atoms with Gasteiger partial charge in [-0.1, -0.05) is 0 Å². The van der Waals surface area contributed by atoms with E-state index in [1.807, 2.05) is 0 Å². The maximum atomic E-state index is 11.5. The zero-order valence-corrected chi connectivity index (χ0v) is 9.50. The number of hydrogen-bond donors (Lipinski definition) is 2. The number of amides is 2. The van der Waals surface area contributed by atoms with Crippen molar-refractivity contribution in [2.24, 2.45) is 5.92 Å². The van der Waals surface area contributed by atoms with Crippen LogP contribution in [0.2, 0.25) is 0 Å². The Kier molecular flexibility index (Phi) is 3.77. The summed E-state index contributed by atoms with van der Waals surface area (Å²) in [5.41, 5.74) is 0. The molecule has 2 fully saturated rings.